The van der Waals surface area contributed by atoms with Gasteiger partial charge in [-0.25, -0.2) is 14.2 Å². The zero-order valence-corrected chi connectivity index (χ0v) is 20.7. The number of nitrogens with one attached hydrogen (secondary N) is 1. The van der Waals surface area contributed by atoms with Gasteiger partial charge >= 0.3 is 5.97 Å². The molecule has 0 bridgehead atoms. The van der Waals surface area contributed by atoms with Crippen molar-refractivity contribution in [2.45, 2.75) is 19.4 Å². The molecule has 35 heavy (non-hydrogen) atoms. The fourth-order valence-electron chi connectivity index (χ4n) is 3.82. The number of carbonyl (C=O) groups is 2. The number of esters is 1. The molecule has 4 rings (SSSR count). The van der Waals surface area contributed by atoms with Gasteiger partial charge in [0.05, 0.1) is 30.3 Å². The summed E-state index contributed by atoms with van der Waals surface area (Å²) in [6.07, 6.45) is 0.00932. The lowest BCUT2D eigenvalue weighted by Crippen LogP contribution is -2.37. The number of methoxy groups -OCH3 is 1. The Morgan fingerprint density at radius 2 is 1.91 bits per heavy atom. The van der Waals surface area contributed by atoms with Gasteiger partial charge < -0.3 is 19.7 Å². The van der Waals surface area contributed by atoms with Gasteiger partial charge in [-0.2, -0.15) is 0 Å². The number of thioether (sulfide) groups is 1. The Kier molecular flexibility index (Phi) is 7.90. The summed E-state index contributed by atoms with van der Waals surface area (Å²) in [7, 11) is 1.53. The Morgan fingerprint density at radius 3 is 2.63 bits per heavy atom. The molecule has 0 radical (unpaired) electrons. The van der Waals surface area contributed by atoms with Crippen LogP contribution in [-0.4, -0.2) is 42.3 Å². The minimum Gasteiger partial charge on any atom is -0.460 e. The molecule has 2 aromatic carbocycles. The first-order chi connectivity index (χ1) is 16.9. The number of anilines is 1. The lowest BCUT2D eigenvalue weighted by Gasteiger charge is -2.36. The molecule has 1 amide bonds. The molecule has 2 aliphatic heterocycles. The predicted molar refractivity (Wildman–Crippen MR) is 134 cm³/mol. The van der Waals surface area contributed by atoms with Crippen LogP contribution in [0.5, 0.6) is 0 Å². The van der Waals surface area contributed by atoms with E-state index in [0.29, 0.717) is 38.4 Å². The molecule has 1 N–H and O–H groups in total. The maximum atomic E-state index is 13.2. The van der Waals surface area contributed by atoms with Gasteiger partial charge in [-0.1, -0.05) is 41.6 Å². The molecule has 10 heteroatoms. The second-order valence-electron chi connectivity index (χ2n) is 7.78. The lowest BCUT2D eigenvalue weighted by atomic mass is 9.93. The fourth-order valence-corrected chi connectivity index (χ4v) is 5.02. The van der Waals surface area contributed by atoms with Crippen LogP contribution in [-0.2, 0) is 19.1 Å². The first-order valence-electron chi connectivity index (χ1n) is 10.8. The van der Waals surface area contributed by atoms with Crippen LogP contribution in [0.25, 0.3) is 0 Å². The number of hydrogen-bond acceptors (Lipinski definition) is 7. The first-order valence-corrected chi connectivity index (χ1v) is 12.0. The number of amidine groups is 1. The van der Waals surface area contributed by atoms with Crippen LogP contribution in [0.4, 0.5) is 10.1 Å². The Morgan fingerprint density at radius 1 is 1.17 bits per heavy atom. The van der Waals surface area contributed by atoms with Crippen molar-refractivity contribution in [3.63, 3.8) is 0 Å². The molecule has 2 aromatic rings. The van der Waals surface area contributed by atoms with E-state index in [9.17, 15) is 14.0 Å². The highest BCUT2D eigenvalue weighted by molar-refractivity contribution is 8.16. The quantitative estimate of drug-likeness (QED) is 0.381. The summed E-state index contributed by atoms with van der Waals surface area (Å²) in [6.45, 7) is 2.11. The Hall–Kier alpha value is -3.14. The molecule has 2 heterocycles. The van der Waals surface area contributed by atoms with Crippen molar-refractivity contribution >= 4 is 46.1 Å². The number of hydrogen-bond donors (Lipinski definition) is 1. The summed E-state index contributed by atoms with van der Waals surface area (Å²) in [6, 6.07) is 12.1. The molecule has 0 aromatic heterocycles. The van der Waals surface area contributed by atoms with E-state index in [4.69, 9.17) is 21.1 Å². The number of fused-ring (bicyclic) bond motifs is 1. The van der Waals surface area contributed by atoms with Crippen LogP contribution in [0.3, 0.4) is 0 Å². The zero-order chi connectivity index (χ0) is 24.9. The van der Waals surface area contributed by atoms with Crippen molar-refractivity contribution in [3.8, 4) is 0 Å². The van der Waals surface area contributed by atoms with E-state index in [0.717, 1.165) is 0 Å². The van der Waals surface area contributed by atoms with Crippen molar-refractivity contribution < 1.29 is 23.5 Å². The molecule has 0 aliphatic carbocycles. The SMILES string of the molecule is COCCOC(=O)C1=C(C)N=C2SC=C(CC(=O)Nc3ccc(F)cc3)N2[C@@H]1c1ccccc1Cl. The van der Waals surface area contributed by atoms with Crippen LogP contribution >= 0.6 is 23.4 Å². The van der Waals surface area contributed by atoms with Gasteiger partial charge in [0, 0.05) is 23.5 Å². The first kappa shape index (κ1) is 25.0. The van der Waals surface area contributed by atoms with Crippen LogP contribution in [0.15, 0.2) is 75.9 Å². The van der Waals surface area contributed by atoms with E-state index in [1.165, 1.54) is 43.1 Å². The van der Waals surface area contributed by atoms with Crippen LogP contribution < -0.4 is 5.32 Å². The highest BCUT2D eigenvalue weighted by atomic mass is 35.5. The smallest absolute Gasteiger partial charge is 0.338 e. The predicted octanol–water partition coefficient (Wildman–Crippen LogP) is 5.27. The molecule has 2 aliphatic rings. The number of nitrogens with zero attached hydrogens (tertiary/aromatic N) is 2. The number of rotatable bonds is 8. The Bertz CT molecular complexity index is 1230. The van der Waals surface area contributed by atoms with Crippen molar-refractivity contribution in [2.24, 2.45) is 4.99 Å². The highest BCUT2D eigenvalue weighted by Gasteiger charge is 2.41. The second-order valence-corrected chi connectivity index (χ2v) is 9.02. The molecule has 1 atom stereocenters. The Labute approximate surface area is 211 Å². The molecule has 7 nitrogen and oxygen atoms in total. The molecule has 0 saturated heterocycles. The minimum absolute atomic E-state index is 0.00932. The van der Waals surface area contributed by atoms with Crippen molar-refractivity contribution in [3.05, 3.63) is 87.3 Å². The summed E-state index contributed by atoms with van der Waals surface area (Å²) >= 11 is 7.93. The van der Waals surface area contributed by atoms with Gasteiger partial charge in [-0.05, 0) is 48.2 Å². The summed E-state index contributed by atoms with van der Waals surface area (Å²) in [5, 5.41) is 5.70. The van der Waals surface area contributed by atoms with Crippen molar-refractivity contribution in [1.29, 1.82) is 0 Å². The molecule has 0 spiro atoms. The van der Waals surface area contributed by atoms with Crippen LogP contribution in [0, 0.1) is 5.82 Å². The summed E-state index contributed by atoms with van der Waals surface area (Å²) in [5.41, 5.74) is 2.67. The maximum absolute atomic E-state index is 13.2. The number of amides is 1. The van der Waals surface area contributed by atoms with E-state index in [1.54, 1.807) is 13.0 Å². The molecular weight excluding hydrogens is 493 g/mol. The summed E-state index contributed by atoms with van der Waals surface area (Å²) < 4.78 is 23.6. The van der Waals surface area contributed by atoms with Gasteiger partial charge in [0.25, 0.3) is 0 Å². The van der Waals surface area contributed by atoms with E-state index < -0.39 is 12.0 Å². The second kappa shape index (κ2) is 11.1. The number of carbonyl (C=O) groups excluding carboxylic acids is 2. The maximum Gasteiger partial charge on any atom is 0.338 e. The van der Waals surface area contributed by atoms with Crippen molar-refractivity contribution in [1.82, 2.24) is 4.90 Å². The van der Waals surface area contributed by atoms with Gasteiger partial charge in [-0.15, -0.1) is 0 Å². The zero-order valence-electron chi connectivity index (χ0n) is 19.1. The average molecular weight is 516 g/mol. The van der Waals surface area contributed by atoms with Gasteiger partial charge in [-0.3, -0.25) is 4.79 Å². The molecular formula is C25H23ClFN3O4S. The number of halogens is 2. The summed E-state index contributed by atoms with van der Waals surface area (Å²) in [4.78, 5) is 32.4. The van der Waals surface area contributed by atoms with E-state index in [2.05, 4.69) is 10.3 Å². The number of benzene rings is 2. The summed E-state index contributed by atoms with van der Waals surface area (Å²) in [5.74, 6) is -1.21. The van der Waals surface area contributed by atoms with E-state index in [-0.39, 0.29) is 31.4 Å². The highest BCUT2D eigenvalue weighted by Crippen LogP contribution is 2.46. The third-order valence-corrected chi connectivity index (χ3v) is 6.64. The largest absolute Gasteiger partial charge is 0.460 e. The van der Waals surface area contributed by atoms with Gasteiger partial charge in [0.1, 0.15) is 12.4 Å². The molecule has 182 valence electrons. The van der Waals surface area contributed by atoms with E-state index >= 15 is 0 Å². The van der Waals surface area contributed by atoms with E-state index in [1.807, 2.05) is 28.5 Å². The molecule has 0 unspecified atom stereocenters. The average Bonchev–Trinajstić information content (AvgIpc) is 3.22. The third-order valence-electron chi connectivity index (χ3n) is 5.41. The van der Waals surface area contributed by atoms with Crippen LogP contribution in [0.2, 0.25) is 5.02 Å². The standard InChI is InChI=1S/C25H23ClFN3O4S/c1-15-22(24(32)34-12-11-33-2)23(19-5-3-4-6-20(19)26)30-18(14-35-25(30)28-15)13-21(31)29-17-9-7-16(27)8-10-17/h3-10,14,23H,11-13H2,1-2H3,(H,29,31)/t23-/m1/s1. The lowest BCUT2D eigenvalue weighted by molar-refractivity contribution is -0.141. The molecule has 0 saturated carbocycles. The van der Waals surface area contributed by atoms with Gasteiger partial charge in [0.15, 0.2) is 5.17 Å². The van der Waals surface area contributed by atoms with Crippen molar-refractivity contribution in [2.75, 3.05) is 25.6 Å². The van der Waals surface area contributed by atoms with Crippen LogP contribution in [0.1, 0.15) is 24.9 Å². The normalized spacial score (nSPS) is 17.0. The molecule has 0 fully saturated rings. The minimum atomic E-state index is -0.633. The number of allylic oxidation sites excluding steroid dienone is 1. The number of aliphatic imine (C=N–C) groups is 1. The third kappa shape index (κ3) is 5.58. The fraction of sp³-hybridized carbons (Fsp3) is 0.240. The monoisotopic (exact) mass is 515 g/mol. The Balaban J connectivity index is 1.64. The topological polar surface area (TPSA) is 80.2 Å². The number of ether oxygens (including phenoxy) is 2. The van der Waals surface area contributed by atoms with Gasteiger partial charge in [0.2, 0.25) is 5.91 Å².